The molecule has 0 spiro atoms. The average molecular weight is 227 g/mol. The smallest absolute Gasteiger partial charge is 0.267 e. The number of para-hydroxylation sites is 1. The minimum atomic E-state index is -0.178. The van der Waals surface area contributed by atoms with E-state index in [1.807, 2.05) is 30.3 Å². The molecule has 1 aromatic heterocycles. The molecule has 0 bridgehead atoms. The van der Waals surface area contributed by atoms with Crippen LogP contribution in [-0.2, 0) is 0 Å². The lowest BCUT2D eigenvalue weighted by Gasteiger charge is -2.03. The molecule has 86 valence electrons. The molecule has 0 aliphatic carbocycles. The van der Waals surface area contributed by atoms with Crippen LogP contribution < -0.4 is 5.32 Å². The molecule has 1 amide bonds. The number of amides is 1. The van der Waals surface area contributed by atoms with Gasteiger partial charge in [-0.15, -0.1) is 0 Å². The number of H-pyrrole nitrogens is 1. The number of carbonyl (C=O) groups is 1. The van der Waals surface area contributed by atoms with Gasteiger partial charge in [0.15, 0.2) is 0 Å². The maximum atomic E-state index is 11.8. The molecule has 1 aromatic carbocycles. The number of nitriles is 1. The van der Waals surface area contributed by atoms with Crippen molar-refractivity contribution in [3.05, 3.63) is 36.0 Å². The van der Waals surface area contributed by atoms with Crippen molar-refractivity contribution in [3.63, 3.8) is 0 Å². The first-order chi connectivity index (χ1) is 8.20. The molecule has 0 saturated carbocycles. The van der Waals surface area contributed by atoms with Crippen molar-refractivity contribution >= 4 is 16.8 Å². The van der Waals surface area contributed by atoms with Gasteiger partial charge in [0.1, 0.15) is 5.69 Å². The number of hydrogen-bond donors (Lipinski definition) is 2. The fourth-order valence-electron chi connectivity index (χ4n) is 1.58. The molecular formula is C13H13N3O. The van der Waals surface area contributed by atoms with E-state index in [1.54, 1.807) is 6.92 Å². The number of hydrogen-bond acceptors (Lipinski definition) is 2. The Hall–Kier alpha value is -2.28. The molecule has 4 heteroatoms. The van der Waals surface area contributed by atoms with Crippen LogP contribution >= 0.6 is 0 Å². The summed E-state index contributed by atoms with van der Waals surface area (Å²) in [6, 6.07) is 11.6. The molecule has 17 heavy (non-hydrogen) atoms. The number of aromatic amines is 1. The van der Waals surface area contributed by atoms with Gasteiger partial charge in [-0.25, -0.2) is 0 Å². The van der Waals surface area contributed by atoms with E-state index in [0.29, 0.717) is 12.2 Å². The second-order valence-corrected chi connectivity index (χ2v) is 4.01. The highest BCUT2D eigenvalue weighted by atomic mass is 16.1. The van der Waals surface area contributed by atoms with Crippen LogP contribution in [0.2, 0.25) is 0 Å². The van der Waals surface area contributed by atoms with Crippen molar-refractivity contribution in [2.24, 2.45) is 5.92 Å². The van der Waals surface area contributed by atoms with Crippen molar-refractivity contribution in [3.8, 4) is 6.07 Å². The topological polar surface area (TPSA) is 68.7 Å². The lowest BCUT2D eigenvalue weighted by atomic mass is 10.2. The molecule has 1 unspecified atom stereocenters. The highest BCUT2D eigenvalue weighted by molar-refractivity contribution is 5.97. The third-order valence-corrected chi connectivity index (χ3v) is 2.56. The molecule has 0 radical (unpaired) electrons. The number of benzene rings is 1. The van der Waals surface area contributed by atoms with Gasteiger partial charge in [0.2, 0.25) is 0 Å². The summed E-state index contributed by atoms with van der Waals surface area (Å²) in [7, 11) is 0. The van der Waals surface area contributed by atoms with Crippen molar-refractivity contribution in [1.29, 1.82) is 5.26 Å². The molecule has 2 rings (SSSR count). The van der Waals surface area contributed by atoms with Crippen molar-refractivity contribution in [2.75, 3.05) is 6.54 Å². The van der Waals surface area contributed by atoms with Gasteiger partial charge in [-0.2, -0.15) is 5.26 Å². The number of nitrogens with zero attached hydrogens (tertiary/aromatic N) is 1. The highest BCUT2D eigenvalue weighted by Crippen LogP contribution is 2.14. The standard InChI is InChI=1S/C13H13N3O/c1-9(7-14)8-15-13(17)12-6-10-4-2-3-5-11(10)16-12/h2-6,9,16H,8H2,1H3,(H,15,17). The van der Waals surface area contributed by atoms with Gasteiger partial charge < -0.3 is 10.3 Å². The first kappa shape index (κ1) is 11.2. The van der Waals surface area contributed by atoms with Gasteiger partial charge in [0, 0.05) is 17.4 Å². The summed E-state index contributed by atoms with van der Waals surface area (Å²) >= 11 is 0. The van der Waals surface area contributed by atoms with Crippen LogP contribution in [0.3, 0.4) is 0 Å². The number of rotatable bonds is 3. The minimum absolute atomic E-state index is 0.177. The van der Waals surface area contributed by atoms with E-state index in [4.69, 9.17) is 5.26 Å². The predicted molar refractivity (Wildman–Crippen MR) is 65.4 cm³/mol. The Morgan fingerprint density at radius 1 is 1.53 bits per heavy atom. The normalized spacial score (nSPS) is 12.0. The molecule has 0 saturated heterocycles. The average Bonchev–Trinajstić information content (AvgIpc) is 2.79. The summed E-state index contributed by atoms with van der Waals surface area (Å²) in [6.45, 7) is 2.14. The van der Waals surface area contributed by atoms with Gasteiger partial charge in [-0.1, -0.05) is 18.2 Å². The molecule has 2 aromatic rings. The van der Waals surface area contributed by atoms with Gasteiger partial charge in [-0.05, 0) is 19.1 Å². The fraction of sp³-hybridized carbons (Fsp3) is 0.231. The molecule has 1 heterocycles. The lowest BCUT2D eigenvalue weighted by molar-refractivity contribution is 0.0946. The largest absolute Gasteiger partial charge is 0.351 e. The second kappa shape index (κ2) is 4.71. The lowest BCUT2D eigenvalue weighted by Crippen LogP contribution is -2.27. The Bertz CT molecular complexity index is 547. The third kappa shape index (κ3) is 2.45. The highest BCUT2D eigenvalue weighted by Gasteiger charge is 2.09. The molecule has 0 aliphatic heterocycles. The van der Waals surface area contributed by atoms with Gasteiger partial charge in [-0.3, -0.25) is 4.79 Å². The van der Waals surface area contributed by atoms with Gasteiger partial charge >= 0.3 is 0 Å². The van der Waals surface area contributed by atoms with E-state index in [0.717, 1.165) is 10.9 Å². The molecule has 0 aliphatic rings. The quantitative estimate of drug-likeness (QED) is 0.842. The molecular weight excluding hydrogens is 214 g/mol. The molecule has 0 fully saturated rings. The van der Waals surface area contributed by atoms with Crippen LogP contribution in [0.15, 0.2) is 30.3 Å². The Labute approximate surface area is 99.3 Å². The minimum Gasteiger partial charge on any atom is -0.351 e. The summed E-state index contributed by atoms with van der Waals surface area (Å²) in [5, 5.41) is 12.3. The third-order valence-electron chi connectivity index (χ3n) is 2.56. The van der Waals surface area contributed by atoms with Crippen LogP contribution in [-0.4, -0.2) is 17.4 Å². The van der Waals surface area contributed by atoms with Crippen LogP contribution in [0.4, 0.5) is 0 Å². The summed E-state index contributed by atoms with van der Waals surface area (Å²) in [6.07, 6.45) is 0. The van der Waals surface area contributed by atoms with Crippen molar-refractivity contribution in [2.45, 2.75) is 6.92 Å². The second-order valence-electron chi connectivity index (χ2n) is 4.01. The summed E-state index contributed by atoms with van der Waals surface area (Å²) in [5.41, 5.74) is 1.46. The summed E-state index contributed by atoms with van der Waals surface area (Å²) in [5.74, 6) is -0.355. The van der Waals surface area contributed by atoms with Crippen molar-refractivity contribution in [1.82, 2.24) is 10.3 Å². The molecule has 1 atom stereocenters. The first-order valence-corrected chi connectivity index (χ1v) is 5.46. The molecule has 2 N–H and O–H groups in total. The SMILES string of the molecule is CC(C#N)CNC(=O)c1cc2ccccc2[nH]1. The summed E-state index contributed by atoms with van der Waals surface area (Å²) < 4.78 is 0. The van der Waals surface area contributed by atoms with E-state index in [1.165, 1.54) is 0 Å². The first-order valence-electron chi connectivity index (χ1n) is 5.46. The van der Waals surface area contributed by atoms with Gasteiger partial charge in [0.25, 0.3) is 5.91 Å². The number of carbonyl (C=O) groups excluding carboxylic acids is 1. The van der Waals surface area contributed by atoms with Crippen molar-refractivity contribution < 1.29 is 4.79 Å². The van der Waals surface area contributed by atoms with E-state index in [-0.39, 0.29) is 11.8 Å². The summed E-state index contributed by atoms with van der Waals surface area (Å²) in [4.78, 5) is 14.8. The monoisotopic (exact) mass is 227 g/mol. The Morgan fingerprint density at radius 3 is 3.00 bits per heavy atom. The fourth-order valence-corrected chi connectivity index (χ4v) is 1.58. The number of nitrogens with one attached hydrogen (secondary N) is 2. The zero-order valence-electron chi connectivity index (χ0n) is 9.53. The maximum absolute atomic E-state index is 11.8. The van der Waals surface area contributed by atoms with Crippen LogP contribution in [0.5, 0.6) is 0 Å². The van der Waals surface area contributed by atoms with Crippen LogP contribution in [0.1, 0.15) is 17.4 Å². The Kier molecular flexibility index (Phi) is 3.10. The number of aromatic nitrogens is 1. The van der Waals surface area contributed by atoms with E-state index in [9.17, 15) is 4.79 Å². The predicted octanol–water partition coefficient (Wildman–Crippen LogP) is 2.06. The number of fused-ring (bicyclic) bond motifs is 1. The Morgan fingerprint density at radius 2 is 2.29 bits per heavy atom. The van der Waals surface area contributed by atoms with E-state index in [2.05, 4.69) is 16.4 Å². The van der Waals surface area contributed by atoms with Crippen LogP contribution in [0.25, 0.3) is 10.9 Å². The van der Waals surface area contributed by atoms with E-state index >= 15 is 0 Å². The maximum Gasteiger partial charge on any atom is 0.267 e. The zero-order chi connectivity index (χ0) is 12.3. The Balaban J connectivity index is 2.12. The van der Waals surface area contributed by atoms with Gasteiger partial charge in [0.05, 0.1) is 12.0 Å². The van der Waals surface area contributed by atoms with E-state index < -0.39 is 0 Å². The van der Waals surface area contributed by atoms with Crippen LogP contribution in [0, 0.1) is 17.2 Å². The molecule has 4 nitrogen and oxygen atoms in total. The zero-order valence-corrected chi connectivity index (χ0v) is 9.53.